The van der Waals surface area contributed by atoms with Crippen molar-refractivity contribution >= 4 is 44.6 Å². The molecule has 1 N–H and O–H groups in total. The predicted octanol–water partition coefficient (Wildman–Crippen LogP) is 7.99. The van der Waals surface area contributed by atoms with Gasteiger partial charge in [0, 0.05) is 52.6 Å². The number of hydrogen-bond acceptors (Lipinski definition) is 9. The Bertz CT molecular complexity index is 1610. The molecule has 0 saturated carbocycles. The van der Waals surface area contributed by atoms with Gasteiger partial charge in [-0.1, -0.05) is 20.8 Å². The van der Waals surface area contributed by atoms with E-state index in [1.165, 1.54) is 0 Å². The smallest absolute Gasteiger partial charge is 0.413 e. The topological polar surface area (TPSA) is 108 Å². The van der Waals surface area contributed by atoms with E-state index in [0.29, 0.717) is 36.2 Å². The van der Waals surface area contributed by atoms with E-state index in [4.69, 9.17) is 23.4 Å². The van der Waals surface area contributed by atoms with Gasteiger partial charge in [0.1, 0.15) is 22.9 Å². The Morgan fingerprint density at radius 1 is 0.844 bits per heavy atom. The van der Waals surface area contributed by atoms with Gasteiger partial charge >= 0.3 is 6.09 Å². The van der Waals surface area contributed by atoms with Gasteiger partial charge in [-0.2, -0.15) is 0 Å². The van der Waals surface area contributed by atoms with Crippen LogP contribution < -0.4 is 19.7 Å². The minimum atomic E-state index is -1.31. The second-order valence-electron chi connectivity index (χ2n) is 12.9. The maximum absolute atomic E-state index is 12.1. The Balaban J connectivity index is 1.65. The second-order valence-corrected chi connectivity index (χ2v) is 16.8. The second kappa shape index (κ2) is 13.5. The van der Waals surface area contributed by atoms with Crippen molar-refractivity contribution < 1.29 is 23.2 Å². The lowest BCUT2D eigenvalue weighted by molar-refractivity contribution is 0.0635. The summed E-state index contributed by atoms with van der Waals surface area (Å²) in [6.07, 6.45) is 7.21. The first-order valence-electron chi connectivity index (χ1n) is 14.7. The Labute approximate surface area is 268 Å². The molecule has 0 radical (unpaired) electrons. The highest BCUT2D eigenvalue weighted by atomic mass is 32.3. The van der Waals surface area contributed by atoms with Gasteiger partial charge in [0.15, 0.2) is 0 Å². The van der Waals surface area contributed by atoms with Gasteiger partial charge in [-0.05, 0) is 63.6 Å². The van der Waals surface area contributed by atoms with Crippen LogP contribution in [-0.4, -0.2) is 71.3 Å². The van der Waals surface area contributed by atoms with Gasteiger partial charge in [0.05, 0.1) is 43.8 Å². The summed E-state index contributed by atoms with van der Waals surface area (Å²) in [6, 6.07) is 15.4. The molecule has 0 bridgehead atoms. The van der Waals surface area contributed by atoms with Crippen molar-refractivity contribution in [3.05, 3.63) is 60.9 Å². The normalized spacial score (nSPS) is 12.5. The zero-order valence-electron chi connectivity index (χ0n) is 27.9. The van der Waals surface area contributed by atoms with Crippen molar-refractivity contribution in [2.24, 2.45) is 0 Å². The zero-order valence-corrected chi connectivity index (χ0v) is 28.7. The van der Waals surface area contributed by atoms with E-state index in [1.807, 2.05) is 63.2 Å². The van der Waals surface area contributed by atoms with Gasteiger partial charge in [-0.15, -0.1) is 10.3 Å². The van der Waals surface area contributed by atoms with Crippen molar-refractivity contribution in [1.29, 1.82) is 0 Å². The molecule has 0 spiro atoms. The number of methoxy groups -OCH3 is 2. The molecule has 10 nitrogen and oxygen atoms in total. The molecule has 242 valence electrons. The van der Waals surface area contributed by atoms with Gasteiger partial charge in [0.25, 0.3) is 0 Å². The molecule has 4 aromatic rings. The molecule has 2 aromatic heterocycles. The average Bonchev–Trinajstić information content (AvgIpc) is 2.97. The summed E-state index contributed by atoms with van der Waals surface area (Å²) in [7, 11) is 1.98. The van der Waals surface area contributed by atoms with E-state index in [-0.39, 0.29) is 4.75 Å². The molecular formula is C34H45N5O5S. The molecule has 0 aliphatic carbocycles. The van der Waals surface area contributed by atoms with E-state index < -0.39 is 22.0 Å². The Morgan fingerprint density at radius 2 is 1.53 bits per heavy atom. The molecule has 0 fully saturated rings. The first-order valence-corrected chi connectivity index (χ1v) is 17.1. The number of aromatic nitrogens is 3. The summed E-state index contributed by atoms with van der Waals surface area (Å²) in [5.41, 5.74) is 4.13. The number of amides is 1. The molecule has 0 unspecified atom stereocenters. The minimum absolute atomic E-state index is 0.0464. The highest BCUT2D eigenvalue weighted by Crippen LogP contribution is 2.53. The Morgan fingerprint density at radius 3 is 2.11 bits per heavy atom. The molecule has 4 rings (SSSR count). The molecular weight excluding hydrogens is 590 g/mol. The molecule has 0 atom stereocenters. The van der Waals surface area contributed by atoms with Gasteiger partial charge in [-0.25, -0.2) is 14.8 Å². The fourth-order valence-corrected chi connectivity index (χ4v) is 5.05. The lowest BCUT2D eigenvalue weighted by atomic mass is 10.1. The van der Waals surface area contributed by atoms with Crippen LogP contribution in [0.4, 0.5) is 22.0 Å². The summed E-state index contributed by atoms with van der Waals surface area (Å²) >= 11 is 0. The molecule has 0 aliphatic heterocycles. The van der Waals surface area contributed by atoms with Crippen LogP contribution in [0.2, 0.25) is 0 Å². The number of carbonyl (C=O) groups excluding carboxylic acids is 1. The molecule has 2 aromatic carbocycles. The number of carbonyl (C=O) groups is 1. The largest absolute Gasteiger partial charge is 0.497 e. The van der Waals surface area contributed by atoms with Crippen LogP contribution in [-0.2, 0) is 8.92 Å². The van der Waals surface area contributed by atoms with Gasteiger partial charge in [0.2, 0.25) is 0 Å². The van der Waals surface area contributed by atoms with Crippen molar-refractivity contribution in [2.75, 3.05) is 50.1 Å². The SMILES string of the molecule is COc1cc(OC)cc(N(CCOS(C)(C)C(C)(C)C)c2ccc3ncc(-c4ccc(NC(=O)OC(C)(C)C)nc4)nc3c2)c1. The standard InChI is InChI=1S/C34H45N5O5S/c1-33(2,3)44-32(40)38-31-14-11-23(21-36-31)30-22-35-28-13-12-24(19-29(28)37-30)39(15-16-43-45(9,10)34(4,5)6)25-17-26(41-7)20-27(18-25)42-8/h11-14,17-22H,15-16H2,1-10H3,(H,36,38,40). The predicted molar refractivity (Wildman–Crippen MR) is 184 cm³/mol. The van der Waals surface area contributed by atoms with Crippen molar-refractivity contribution in [3.63, 3.8) is 0 Å². The fourth-order valence-electron chi connectivity index (χ4n) is 4.20. The van der Waals surface area contributed by atoms with E-state index in [2.05, 4.69) is 53.5 Å². The van der Waals surface area contributed by atoms with Crippen molar-refractivity contribution in [3.8, 4) is 22.8 Å². The number of pyridine rings is 1. The third-order valence-electron chi connectivity index (χ3n) is 7.34. The quantitative estimate of drug-likeness (QED) is 0.185. The monoisotopic (exact) mass is 635 g/mol. The van der Waals surface area contributed by atoms with Crippen LogP contribution in [0.1, 0.15) is 41.5 Å². The number of nitrogens with zero attached hydrogens (tertiary/aromatic N) is 4. The highest BCUT2D eigenvalue weighted by molar-refractivity contribution is 8.29. The van der Waals surface area contributed by atoms with Crippen LogP contribution in [0.15, 0.2) is 60.9 Å². The van der Waals surface area contributed by atoms with Crippen molar-refractivity contribution in [1.82, 2.24) is 15.0 Å². The molecule has 45 heavy (non-hydrogen) atoms. The lowest BCUT2D eigenvalue weighted by Gasteiger charge is -2.44. The van der Waals surface area contributed by atoms with E-state index >= 15 is 0 Å². The minimum Gasteiger partial charge on any atom is -0.497 e. The summed E-state index contributed by atoms with van der Waals surface area (Å²) in [6.45, 7) is 13.2. The number of ether oxygens (including phenoxy) is 3. The third-order valence-corrected chi connectivity index (χ3v) is 11.0. The Kier molecular flexibility index (Phi) is 10.1. The highest BCUT2D eigenvalue weighted by Gasteiger charge is 2.29. The number of benzene rings is 2. The van der Waals surface area contributed by atoms with Crippen LogP contribution in [0, 0.1) is 0 Å². The fraction of sp³-hybridized carbons (Fsp3) is 0.412. The first kappa shape index (κ1) is 33.8. The number of nitrogens with one attached hydrogen (secondary N) is 1. The maximum Gasteiger partial charge on any atom is 0.413 e. The molecule has 0 aliphatic rings. The molecule has 11 heteroatoms. The van der Waals surface area contributed by atoms with Gasteiger partial charge < -0.3 is 23.3 Å². The molecule has 2 heterocycles. The lowest BCUT2D eigenvalue weighted by Crippen LogP contribution is -2.29. The maximum atomic E-state index is 12.1. The van der Waals surface area contributed by atoms with Crippen LogP contribution in [0.5, 0.6) is 11.5 Å². The van der Waals surface area contributed by atoms with Crippen LogP contribution >= 0.6 is 10.3 Å². The summed E-state index contributed by atoms with van der Waals surface area (Å²) < 4.78 is 23.0. The van der Waals surface area contributed by atoms with E-state index in [1.54, 1.807) is 32.7 Å². The average molecular weight is 636 g/mol. The summed E-state index contributed by atoms with van der Waals surface area (Å²) in [5, 5.41) is 2.65. The number of anilines is 3. The number of hydrogen-bond donors (Lipinski definition) is 1. The summed E-state index contributed by atoms with van der Waals surface area (Å²) in [5.74, 6) is 1.76. The summed E-state index contributed by atoms with van der Waals surface area (Å²) in [4.78, 5) is 28.3. The van der Waals surface area contributed by atoms with Crippen LogP contribution in [0.3, 0.4) is 0 Å². The zero-order chi connectivity index (χ0) is 33.0. The van der Waals surface area contributed by atoms with E-state index in [9.17, 15) is 4.79 Å². The van der Waals surface area contributed by atoms with Gasteiger partial charge in [-0.3, -0.25) is 10.3 Å². The Hall–Kier alpha value is -4.09. The van der Waals surface area contributed by atoms with E-state index in [0.717, 1.165) is 28.0 Å². The van der Waals surface area contributed by atoms with Crippen LogP contribution in [0.25, 0.3) is 22.3 Å². The van der Waals surface area contributed by atoms with Crippen molar-refractivity contribution in [2.45, 2.75) is 51.9 Å². The third kappa shape index (κ3) is 8.76. The molecule has 0 saturated heterocycles. The molecule has 1 amide bonds. The number of rotatable bonds is 10. The first-order chi connectivity index (χ1) is 21.1. The number of fused-ring (bicyclic) bond motifs is 1.